The third kappa shape index (κ3) is 2.06. The number of hydrogen-bond donors (Lipinski definition) is 3. The van der Waals surface area contributed by atoms with Crippen molar-refractivity contribution in [1.82, 2.24) is 14.5 Å². The molecule has 110 valence electrons. The number of nitrogen functional groups attached to an aromatic ring is 1. The lowest BCUT2D eigenvalue weighted by Gasteiger charge is -2.17. The molecule has 4 atom stereocenters. The number of ether oxygens (including phenoxy) is 1. The van der Waals surface area contributed by atoms with Gasteiger partial charge in [-0.2, -0.15) is 0 Å². The largest absolute Gasteiger partial charge is 0.394 e. The Labute approximate surface area is 118 Å². The molecule has 0 radical (unpaired) electrons. The average Bonchev–Trinajstić information content (AvgIpc) is 3.03. The summed E-state index contributed by atoms with van der Waals surface area (Å²) in [6, 6.07) is 0.811. The van der Waals surface area contributed by atoms with Gasteiger partial charge in [-0.05, 0) is 11.6 Å². The zero-order chi connectivity index (χ0) is 15.0. The molecule has 1 fully saturated rings. The highest BCUT2D eigenvalue weighted by molar-refractivity contribution is 5.84. The van der Waals surface area contributed by atoms with Gasteiger partial charge in [-0.15, -0.1) is 0 Å². The summed E-state index contributed by atoms with van der Waals surface area (Å²) < 4.78 is 7.15. The smallest absolute Gasteiger partial charge is 0.162 e. The molecule has 2 aromatic heterocycles. The summed E-state index contributed by atoms with van der Waals surface area (Å²) in [6.45, 7) is -0.367. The van der Waals surface area contributed by atoms with Gasteiger partial charge < -0.3 is 25.3 Å². The molecule has 0 amide bonds. The number of nitrogens with zero attached hydrogens (tertiary/aromatic N) is 6. The summed E-state index contributed by atoms with van der Waals surface area (Å²) in [5.74, 6) is 0.268. The van der Waals surface area contributed by atoms with E-state index in [4.69, 9.17) is 16.0 Å². The Hall–Kier alpha value is -2.39. The minimum absolute atomic E-state index is 0.268. The number of fused-ring (bicyclic) bond motifs is 1. The summed E-state index contributed by atoms with van der Waals surface area (Å²) in [4.78, 5) is 10.7. The molecule has 4 N–H and O–H groups in total. The molecule has 0 spiro atoms. The Morgan fingerprint density at radius 2 is 2.33 bits per heavy atom. The van der Waals surface area contributed by atoms with Crippen molar-refractivity contribution in [3.63, 3.8) is 0 Å². The van der Waals surface area contributed by atoms with Crippen LogP contribution in [0.2, 0.25) is 0 Å². The molecule has 1 saturated heterocycles. The van der Waals surface area contributed by atoms with Gasteiger partial charge in [0.1, 0.15) is 11.6 Å². The van der Waals surface area contributed by atoms with Crippen LogP contribution in [-0.2, 0) is 4.74 Å². The predicted molar refractivity (Wildman–Crippen MR) is 71.9 cm³/mol. The molecule has 10 heteroatoms. The van der Waals surface area contributed by atoms with E-state index in [-0.39, 0.29) is 12.4 Å². The van der Waals surface area contributed by atoms with Crippen molar-refractivity contribution < 1.29 is 14.9 Å². The third-order valence-electron chi connectivity index (χ3n) is 3.50. The van der Waals surface area contributed by atoms with E-state index in [1.807, 2.05) is 0 Å². The Bertz CT molecular complexity index is 711. The molecule has 3 heterocycles. The van der Waals surface area contributed by atoms with Crippen LogP contribution >= 0.6 is 0 Å². The highest BCUT2D eigenvalue weighted by Crippen LogP contribution is 2.33. The predicted octanol–water partition coefficient (Wildman–Crippen LogP) is -0.0570. The fourth-order valence-corrected chi connectivity index (χ4v) is 2.50. The van der Waals surface area contributed by atoms with Crippen LogP contribution < -0.4 is 5.73 Å². The van der Waals surface area contributed by atoms with E-state index in [0.29, 0.717) is 11.0 Å². The summed E-state index contributed by atoms with van der Waals surface area (Å²) >= 11 is 0. The monoisotopic (exact) mass is 291 g/mol. The highest BCUT2D eigenvalue weighted by Gasteiger charge is 2.44. The van der Waals surface area contributed by atoms with Crippen molar-refractivity contribution >= 4 is 16.9 Å². The number of anilines is 1. The van der Waals surface area contributed by atoms with Crippen molar-refractivity contribution in [2.24, 2.45) is 5.11 Å². The number of pyridine rings is 1. The van der Waals surface area contributed by atoms with Crippen molar-refractivity contribution in [1.29, 1.82) is 0 Å². The van der Waals surface area contributed by atoms with Gasteiger partial charge >= 0.3 is 0 Å². The fraction of sp³-hybridized carbons (Fsp3) is 0.455. The molecule has 0 bridgehead atoms. The van der Waals surface area contributed by atoms with Crippen LogP contribution in [0.5, 0.6) is 0 Å². The maximum atomic E-state index is 10.3. The number of rotatable bonds is 3. The number of aliphatic hydroxyl groups excluding tert-OH is 2. The van der Waals surface area contributed by atoms with Gasteiger partial charge in [0, 0.05) is 11.1 Å². The Kier molecular flexibility index (Phi) is 3.35. The van der Waals surface area contributed by atoms with Crippen LogP contribution in [0.25, 0.3) is 21.5 Å². The second-order valence-electron chi connectivity index (χ2n) is 4.65. The van der Waals surface area contributed by atoms with Crippen molar-refractivity contribution in [2.45, 2.75) is 24.5 Å². The lowest BCUT2D eigenvalue weighted by Crippen LogP contribution is -2.31. The molecule has 10 nitrogen and oxygen atoms in total. The number of imidazole rings is 1. The molecule has 3 rings (SSSR count). The zero-order valence-electron chi connectivity index (χ0n) is 10.8. The molecule has 0 saturated carbocycles. The molecule has 0 aromatic carbocycles. The first-order valence-corrected chi connectivity index (χ1v) is 6.23. The second kappa shape index (κ2) is 5.19. The standard InChI is InChI=1S/C11H13N7O3/c12-10-7-5(1-2-14-10)18(4-15-7)11-9(20)8(16-17-13)6(3-19)21-11/h1-2,4,6,8-9,11,19-20H,3H2,(H2,12,14). The van der Waals surface area contributed by atoms with Crippen LogP contribution in [0.3, 0.4) is 0 Å². The third-order valence-corrected chi connectivity index (χ3v) is 3.50. The lowest BCUT2D eigenvalue weighted by molar-refractivity contribution is -0.0485. The summed E-state index contributed by atoms with van der Waals surface area (Å²) in [5, 5.41) is 23.1. The van der Waals surface area contributed by atoms with Crippen LogP contribution in [0, 0.1) is 0 Å². The normalized spacial score (nSPS) is 28.7. The van der Waals surface area contributed by atoms with Gasteiger partial charge in [-0.3, -0.25) is 0 Å². The first-order chi connectivity index (χ1) is 10.2. The van der Waals surface area contributed by atoms with Crippen LogP contribution in [0.15, 0.2) is 23.7 Å². The van der Waals surface area contributed by atoms with Crippen molar-refractivity contribution in [3.8, 4) is 0 Å². The van der Waals surface area contributed by atoms with Gasteiger partial charge in [0.05, 0.1) is 30.6 Å². The summed E-state index contributed by atoms with van der Waals surface area (Å²) in [6.07, 6.45) is 0.265. The van der Waals surface area contributed by atoms with E-state index in [9.17, 15) is 10.2 Å². The number of azide groups is 1. The first-order valence-electron chi connectivity index (χ1n) is 6.23. The minimum Gasteiger partial charge on any atom is -0.394 e. The van der Waals surface area contributed by atoms with E-state index in [1.54, 1.807) is 10.6 Å². The zero-order valence-corrected chi connectivity index (χ0v) is 10.8. The molecule has 1 aliphatic rings. The van der Waals surface area contributed by atoms with Gasteiger partial charge in [-0.1, -0.05) is 5.11 Å². The van der Waals surface area contributed by atoms with Crippen LogP contribution in [-0.4, -0.2) is 49.6 Å². The SMILES string of the molecule is [N-]=[N+]=NC1C(CO)OC(n2cnc3c(N)nccc32)C1O. The van der Waals surface area contributed by atoms with E-state index in [1.165, 1.54) is 12.5 Å². The fourth-order valence-electron chi connectivity index (χ4n) is 2.50. The molecule has 4 unspecified atom stereocenters. The Morgan fingerprint density at radius 1 is 1.52 bits per heavy atom. The second-order valence-corrected chi connectivity index (χ2v) is 4.65. The molecule has 21 heavy (non-hydrogen) atoms. The van der Waals surface area contributed by atoms with Gasteiger partial charge in [-0.25, -0.2) is 9.97 Å². The maximum absolute atomic E-state index is 10.3. The molecule has 1 aliphatic heterocycles. The Morgan fingerprint density at radius 3 is 3.05 bits per heavy atom. The van der Waals surface area contributed by atoms with Gasteiger partial charge in [0.15, 0.2) is 12.0 Å². The molecule has 2 aromatic rings. The quantitative estimate of drug-likeness (QED) is 0.408. The minimum atomic E-state index is -1.11. The first kappa shape index (κ1) is 13.6. The van der Waals surface area contributed by atoms with Crippen LogP contribution in [0.4, 0.5) is 5.82 Å². The van der Waals surface area contributed by atoms with E-state index in [2.05, 4.69) is 20.0 Å². The number of nitrogens with two attached hydrogens (primary N) is 1. The topological polar surface area (TPSA) is 155 Å². The number of aliphatic hydroxyl groups is 2. The maximum Gasteiger partial charge on any atom is 0.162 e. The lowest BCUT2D eigenvalue weighted by atomic mass is 10.1. The van der Waals surface area contributed by atoms with Crippen molar-refractivity contribution in [3.05, 3.63) is 29.0 Å². The van der Waals surface area contributed by atoms with E-state index >= 15 is 0 Å². The average molecular weight is 291 g/mol. The van der Waals surface area contributed by atoms with E-state index in [0.717, 1.165) is 0 Å². The molecular weight excluding hydrogens is 278 g/mol. The van der Waals surface area contributed by atoms with Gasteiger partial charge in [0.2, 0.25) is 0 Å². The number of aromatic nitrogens is 3. The van der Waals surface area contributed by atoms with E-state index < -0.39 is 24.5 Å². The van der Waals surface area contributed by atoms with Crippen molar-refractivity contribution in [2.75, 3.05) is 12.3 Å². The molecular formula is C11H13N7O3. The Balaban J connectivity index is 2.03. The number of hydrogen-bond acceptors (Lipinski definition) is 7. The highest BCUT2D eigenvalue weighted by atomic mass is 16.5. The molecule has 0 aliphatic carbocycles. The van der Waals surface area contributed by atoms with Crippen LogP contribution in [0.1, 0.15) is 6.23 Å². The summed E-state index contributed by atoms with van der Waals surface area (Å²) in [7, 11) is 0. The van der Waals surface area contributed by atoms with Gasteiger partial charge in [0.25, 0.3) is 0 Å². The summed E-state index contributed by atoms with van der Waals surface area (Å²) in [5.41, 5.74) is 15.4.